The summed E-state index contributed by atoms with van der Waals surface area (Å²) in [7, 11) is 0. The zero-order chi connectivity index (χ0) is 13.8. The predicted octanol–water partition coefficient (Wildman–Crippen LogP) is 0.546. The van der Waals surface area contributed by atoms with Gasteiger partial charge in [-0.25, -0.2) is 0 Å². The highest BCUT2D eigenvalue weighted by Crippen LogP contribution is 2.11. The average molecular weight is 289 g/mol. The Labute approximate surface area is 121 Å². The Bertz CT molecular complexity index is 579. The van der Waals surface area contributed by atoms with Crippen LogP contribution >= 0.6 is 11.8 Å². The lowest BCUT2D eigenvalue weighted by Crippen LogP contribution is -2.41. The van der Waals surface area contributed by atoms with Crippen molar-refractivity contribution in [1.29, 1.82) is 0 Å². The third-order valence-corrected chi connectivity index (χ3v) is 4.05. The van der Waals surface area contributed by atoms with E-state index < -0.39 is 0 Å². The lowest BCUT2D eigenvalue weighted by Gasteiger charge is -2.11. The number of carbonyl (C=O) groups excluding carboxylic acids is 1. The van der Waals surface area contributed by atoms with Crippen LogP contribution in [0.1, 0.15) is 5.82 Å². The van der Waals surface area contributed by atoms with E-state index in [4.69, 9.17) is 0 Å². The Kier molecular flexibility index (Phi) is 3.98. The van der Waals surface area contributed by atoms with Crippen LogP contribution in [-0.4, -0.2) is 38.3 Å². The lowest BCUT2D eigenvalue weighted by molar-refractivity contribution is -0.122. The van der Waals surface area contributed by atoms with Gasteiger partial charge in [0.05, 0.1) is 12.6 Å². The van der Waals surface area contributed by atoms with Crippen molar-refractivity contribution in [3.8, 4) is 5.69 Å². The van der Waals surface area contributed by atoms with E-state index in [1.54, 1.807) is 18.1 Å². The molecule has 1 aromatic carbocycles. The number of amides is 1. The van der Waals surface area contributed by atoms with Crippen LogP contribution in [-0.2, 0) is 11.3 Å². The number of rotatable bonds is 4. The van der Waals surface area contributed by atoms with Crippen LogP contribution in [0, 0.1) is 0 Å². The molecule has 3 rings (SSSR count). The molecule has 1 amide bonds. The smallest absolute Gasteiger partial charge is 0.238 e. The molecule has 0 saturated carbocycles. The van der Waals surface area contributed by atoms with Crippen LogP contribution < -0.4 is 10.6 Å². The van der Waals surface area contributed by atoms with E-state index >= 15 is 0 Å². The molecule has 0 aliphatic carbocycles. The Balaban J connectivity index is 1.66. The van der Waals surface area contributed by atoms with Gasteiger partial charge in [0.15, 0.2) is 5.82 Å². The molecule has 0 bridgehead atoms. The number of aromatic nitrogens is 3. The molecule has 1 unspecified atom stereocenters. The summed E-state index contributed by atoms with van der Waals surface area (Å²) in [6.45, 7) is 0.372. The van der Waals surface area contributed by atoms with E-state index in [0.29, 0.717) is 6.54 Å². The topological polar surface area (TPSA) is 71.8 Å². The predicted molar refractivity (Wildman–Crippen MR) is 77.5 cm³/mol. The molecule has 1 aliphatic rings. The van der Waals surface area contributed by atoms with Crippen LogP contribution in [0.4, 0.5) is 0 Å². The molecule has 7 heteroatoms. The zero-order valence-electron chi connectivity index (χ0n) is 10.8. The van der Waals surface area contributed by atoms with Gasteiger partial charge in [-0.3, -0.25) is 14.7 Å². The molecule has 104 valence electrons. The Morgan fingerprint density at radius 2 is 2.30 bits per heavy atom. The third kappa shape index (κ3) is 2.83. The summed E-state index contributed by atoms with van der Waals surface area (Å²) in [6, 6.07) is 9.72. The van der Waals surface area contributed by atoms with E-state index in [-0.39, 0.29) is 11.9 Å². The minimum absolute atomic E-state index is 0.0117. The maximum absolute atomic E-state index is 11.9. The molecular weight excluding hydrogens is 274 g/mol. The standard InChI is InChI=1S/C13H15N5OS/c19-13(11-7-20-9-15-11)14-6-12-17-16-8-18(12)10-4-2-1-3-5-10/h1-5,8,11,15H,6-7,9H2,(H,14,19). The molecule has 20 heavy (non-hydrogen) atoms. The van der Waals surface area contributed by atoms with Crippen molar-refractivity contribution in [2.75, 3.05) is 11.6 Å². The van der Waals surface area contributed by atoms with Crippen molar-refractivity contribution in [1.82, 2.24) is 25.4 Å². The minimum Gasteiger partial charge on any atom is -0.347 e. The molecule has 1 aromatic heterocycles. The zero-order valence-corrected chi connectivity index (χ0v) is 11.6. The number of hydrogen-bond donors (Lipinski definition) is 2. The van der Waals surface area contributed by atoms with Crippen LogP contribution in [0.25, 0.3) is 5.69 Å². The molecular formula is C13H15N5OS. The lowest BCUT2D eigenvalue weighted by atomic mass is 10.3. The maximum Gasteiger partial charge on any atom is 0.238 e. The quantitative estimate of drug-likeness (QED) is 0.860. The van der Waals surface area contributed by atoms with Gasteiger partial charge in [-0.15, -0.1) is 22.0 Å². The molecule has 2 aromatic rings. The first-order valence-electron chi connectivity index (χ1n) is 6.38. The first kappa shape index (κ1) is 13.1. The number of hydrogen-bond acceptors (Lipinski definition) is 5. The van der Waals surface area contributed by atoms with Gasteiger partial charge >= 0.3 is 0 Å². The minimum atomic E-state index is -0.104. The summed E-state index contributed by atoms with van der Waals surface area (Å²) in [5, 5.41) is 14.0. The fourth-order valence-corrected chi connectivity index (χ4v) is 2.98. The van der Waals surface area contributed by atoms with Crippen molar-refractivity contribution < 1.29 is 4.79 Å². The SMILES string of the molecule is O=C(NCc1nncn1-c1ccccc1)C1CSCN1. The first-order chi connectivity index (χ1) is 9.84. The number of nitrogens with zero attached hydrogens (tertiary/aromatic N) is 3. The summed E-state index contributed by atoms with van der Waals surface area (Å²) < 4.78 is 1.87. The van der Waals surface area contributed by atoms with E-state index in [9.17, 15) is 4.79 Å². The van der Waals surface area contributed by atoms with Crippen molar-refractivity contribution in [2.45, 2.75) is 12.6 Å². The van der Waals surface area contributed by atoms with Crippen LogP contribution in [0.2, 0.25) is 0 Å². The number of nitrogens with one attached hydrogen (secondary N) is 2. The van der Waals surface area contributed by atoms with Crippen LogP contribution in [0.3, 0.4) is 0 Å². The second-order valence-electron chi connectivity index (χ2n) is 4.44. The summed E-state index contributed by atoms with van der Waals surface area (Å²) in [5.41, 5.74) is 0.983. The number of para-hydroxylation sites is 1. The van der Waals surface area contributed by atoms with Crippen molar-refractivity contribution in [3.05, 3.63) is 42.5 Å². The molecule has 1 saturated heterocycles. The van der Waals surface area contributed by atoms with Crippen molar-refractivity contribution in [2.24, 2.45) is 0 Å². The Hall–Kier alpha value is -1.86. The average Bonchev–Trinajstić information content (AvgIpc) is 3.17. The number of benzene rings is 1. The highest BCUT2D eigenvalue weighted by atomic mass is 32.2. The fourth-order valence-electron chi connectivity index (χ4n) is 2.04. The van der Waals surface area contributed by atoms with Gasteiger partial charge in [0, 0.05) is 17.3 Å². The van der Waals surface area contributed by atoms with Crippen LogP contribution in [0.5, 0.6) is 0 Å². The second-order valence-corrected chi connectivity index (χ2v) is 5.47. The molecule has 1 aliphatic heterocycles. The van der Waals surface area contributed by atoms with Gasteiger partial charge in [-0.2, -0.15) is 0 Å². The molecule has 2 N–H and O–H groups in total. The molecule has 1 fully saturated rings. The van der Waals surface area contributed by atoms with Gasteiger partial charge in [-0.05, 0) is 12.1 Å². The normalized spacial score (nSPS) is 18.1. The number of thioether (sulfide) groups is 1. The number of carbonyl (C=O) groups is 1. The molecule has 0 radical (unpaired) electrons. The highest BCUT2D eigenvalue weighted by molar-refractivity contribution is 7.99. The van der Waals surface area contributed by atoms with Gasteiger partial charge in [0.1, 0.15) is 6.33 Å². The molecule has 6 nitrogen and oxygen atoms in total. The van der Waals surface area contributed by atoms with Crippen molar-refractivity contribution in [3.63, 3.8) is 0 Å². The Morgan fingerprint density at radius 3 is 3.05 bits per heavy atom. The van der Waals surface area contributed by atoms with E-state index in [0.717, 1.165) is 23.1 Å². The van der Waals surface area contributed by atoms with Gasteiger partial charge < -0.3 is 5.32 Å². The van der Waals surface area contributed by atoms with Gasteiger partial charge in [0.25, 0.3) is 0 Å². The second kappa shape index (κ2) is 6.06. The van der Waals surface area contributed by atoms with Crippen LogP contribution in [0.15, 0.2) is 36.7 Å². The van der Waals surface area contributed by atoms with E-state index in [1.165, 1.54) is 0 Å². The van der Waals surface area contributed by atoms with Gasteiger partial charge in [0.2, 0.25) is 5.91 Å². The van der Waals surface area contributed by atoms with E-state index in [1.807, 2.05) is 34.9 Å². The molecule has 1 atom stereocenters. The Morgan fingerprint density at radius 1 is 1.45 bits per heavy atom. The van der Waals surface area contributed by atoms with E-state index in [2.05, 4.69) is 20.8 Å². The summed E-state index contributed by atoms with van der Waals surface area (Å²) in [4.78, 5) is 11.9. The summed E-state index contributed by atoms with van der Waals surface area (Å²) in [5.74, 6) is 2.38. The maximum atomic E-state index is 11.9. The van der Waals surface area contributed by atoms with Gasteiger partial charge in [-0.1, -0.05) is 18.2 Å². The monoisotopic (exact) mass is 289 g/mol. The molecule has 0 spiro atoms. The first-order valence-corrected chi connectivity index (χ1v) is 7.53. The third-order valence-electron chi connectivity index (χ3n) is 3.11. The summed E-state index contributed by atoms with van der Waals surface area (Å²) in [6.07, 6.45) is 1.65. The highest BCUT2D eigenvalue weighted by Gasteiger charge is 2.22. The summed E-state index contributed by atoms with van der Waals surface area (Å²) >= 11 is 1.73. The fraction of sp³-hybridized carbons (Fsp3) is 0.308. The largest absolute Gasteiger partial charge is 0.347 e. The van der Waals surface area contributed by atoms with Crippen molar-refractivity contribution >= 4 is 17.7 Å². The molecule has 2 heterocycles.